The molecule has 2 N–H and O–H groups in total. The van der Waals surface area contributed by atoms with Crippen molar-refractivity contribution in [2.75, 3.05) is 7.11 Å². The molecule has 1 aromatic carbocycles. The van der Waals surface area contributed by atoms with Crippen molar-refractivity contribution < 1.29 is 4.74 Å². The summed E-state index contributed by atoms with van der Waals surface area (Å²) in [6, 6.07) is 3.93. The Kier molecular flexibility index (Phi) is 2.66. The average molecular weight is 212 g/mol. The number of rotatable bonds is 3. The van der Waals surface area contributed by atoms with Gasteiger partial charge in [0.05, 0.1) is 7.11 Å². The van der Waals surface area contributed by atoms with Crippen molar-refractivity contribution in [3.05, 3.63) is 28.3 Å². The van der Waals surface area contributed by atoms with Crippen LogP contribution in [0.4, 0.5) is 0 Å². The van der Waals surface area contributed by atoms with E-state index in [4.69, 9.17) is 22.1 Å². The van der Waals surface area contributed by atoms with Crippen LogP contribution < -0.4 is 10.5 Å². The molecule has 0 bridgehead atoms. The first-order valence-corrected chi connectivity index (χ1v) is 5.20. The molecule has 3 heteroatoms. The van der Waals surface area contributed by atoms with Gasteiger partial charge in [0.2, 0.25) is 0 Å². The normalized spacial score (nSPS) is 15.6. The predicted octanol–water partition coefficient (Wildman–Crippen LogP) is 2.68. The summed E-state index contributed by atoms with van der Waals surface area (Å²) in [6.07, 6.45) is 2.44. The number of hydrogen-bond acceptors (Lipinski definition) is 2. The molecule has 14 heavy (non-hydrogen) atoms. The maximum Gasteiger partial charge on any atom is 0.124 e. The molecule has 0 saturated heterocycles. The van der Waals surface area contributed by atoms with Crippen LogP contribution in [0.25, 0.3) is 0 Å². The van der Waals surface area contributed by atoms with E-state index in [0.29, 0.717) is 12.5 Å². The number of methoxy groups -OCH3 is 1. The van der Waals surface area contributed by atoms with Crippen molar-refractivity contribution in [3.8, 4) is 5.75 Å². The maximum absolute atomic E-state index is 6.19. The lowest BCUT2D eigenvalue weighted by Crippen LogP contribution is -1.99. The Morgan fingerprint density at radius 2 is 2.21 bits per heavy atom. The van der Waals surface area contributed by atoms with Gasteiger partial charge >= 0.3 is 0 Å². The number of ether oxygens (including phenoxy) is 1. The molecule has 1 saturated carbocycles. The highest BCUT2D eigenvalue weighted by atomic mass is 35.5. The van der Waals surface area contributed by atoms with Crippen LogP contribution in [0.15, 0.2) is 12.1 Å². The molecule has 1 aromatic rings. The fourth-order valence-electron chi connectivity index (χ4n) is 1.70. The molecule has 0 unspecified atom stereocenters. The van der Waals surface area contributed by atoms with Gasteiger partial charge in [-0.15, -0.1) is 0 Å². The van der Waals surface area contributed by atoms with Crippen LogP contribution in [0.1, 0.15) is 29.9 Å². The molecule has 0 radical (unpaired) electrons. The summed E-state index contributed by atoms with van der Waals surface area (Å²) >= 11 is 6.19. The Morgan fingerprint density at radius 1 is 1.50 bits per heavy atom. The SMILES string of the molecule is COc1cc(CN)cc(Cl)c1C1CC1. The van der Waals surface area contributed by atoms with E-state index < -0.39 is 0 Å². The number of benzene rings is 1. The average Bonchev–Trinajstić information content (AvgIpc) is 3.00. The monoisotopic (exact) mass is 211 g/mol. The van der Waals surface area contributed by atoms with Gasteiger partial charge in [0.15, 0.2) is 0 Å². The Labute approximate surface area is 89.0 Å². The first-order valence-electron chi connectivity index (χ1n) is 4.82. The molecule has 0 aromatic heterocycles. The standard InChI is InChI=1S/C11H14ClNO/c1-14-10-5-7(6-13)4-9(12)11(10)8-2-3-8/h4-5,8H,2-3,6,13H2,1H3. The lowest BCUT2D eigenvalue weighted by atomic mass is 10.1. The van der Waals surface area contributed by atoms with Gasteiger partial charge in [-0.25, -0.2) is 0 Å². The Balaban J connectivity index is 2.46. The molecule has 0 amide bonds. The molecule has 2 nitrogen and oxygen atoms in total. The molecule has 0 atom stereocenters. The largest absolute Gasteiger partial charge is 0.496 e. The zero-order valence-corrected chi connectivity index (χ0v) is 8.97. The van der Waals surface area contributed by atoms with Gasteiger partial charge in [-0.05, 0) is 36.5 Å². The zero-order valence-electron chi connectivity index (χ0n) is 8.22. The summed E-state index contributed by atoms with van der Waals surface area (Å²) in [5.74, 6) is 1.49. The highest BCUT2D eigenvalue weighted by molar-refractivity contribution is 6.31. The molecular weight excluding hydrogens is 198 g/mol. The molecule has 0 heterocycles. The Bertz CT molecular complexity index is 347. The van der Waals surface area contributed by atoms with Gasteiger partial charge in [-0.2, -0.15) is 0 Å². The first-order chi connectivity index (χ1) is 6.76. The van der Waals surface area contributed by atoms with Crippen LogP contribution >= 0.6 is 11.6 Å². The van der Waals surface area contributed by atoms with Crippen LogP contribution in [0.5, 0.6) is 5.75 Å². The summed E-state index contributed by atoms with van der Waals surface area (Å²) in [5.41, 5.74) is 7.75. The van der Waals surface area contributed by atoms with Gasteiger partial charge in [-0.1, -0.05) is 11.6 Å². The minimum absolute atomic E-state index is 0.501. The van der Waals surface area contributed by atoms with Crippen molar-refractivity contribution in [2.45, 2.75) is 25.3 Å². The van der Waals surface area contributed by atoms with Gasteiger partial charge in [-0.3, -0.25) is 0 Å². The summed E-state index contributed by atoms with van der Waals surface area (Å²) in [5, 5.41) is 0.798. The molecule has 76 valence electrons. The lowest BCUT2D eigenvalue weighted by molar-refractivity contribution is 0.409. The van der Waals surface area contributed by atoms with E-state index in [0.717, 1.165) is 21.9 Å². The van der Waals surface area contributed by atoms with Gasteiger partial charge in [0.25, 0.3) is 0 Å². The third-order valence-electron chi connectivity index (χ3n) is 2.59. The summed E-state index contributed by atoms with van der Waals surface area (Å²) in [4.78, 5) is 0. The highest BCUT2D eigenvalue weighted by Gasteiger charge is 2.29. The summed E-state index contributed by atoms with van der Waals surface area (Å²) in [6.45, 7) is 0.501. The van der Waals surface area contributed by atoms with E-state index in [2.05, 4.69) is 0 Å². The van der Waals surface area contributed by atoms with Crippen molar-refractivity contribution in [2.24, 2.45) is 5.73 Å². The number of halogens is 1. The van der Waals surface area contributed by atoms with Crippen LogP contribution in [-0.4, -0.2) is 7.11 Å². The first kappa shape index (κ1) is 9.81. The topological polar surface area (TPSA) is 35.2 Å². The smallest absolute Gasteiger partial charge is 0.124 e. The third-order valence-corrected chi connectivity index (χ3v) is 2.91. The van der Waals surface area contributed by atoms with Crippen molar-refractivity contribution in [1.82, 2.24) is 0 Å². The van der Waals surface area contributed by atoms with E-state index >= 15 is 0 Å². The van der Waals surface area contributed by atoms with Crippen LogP contribution in [-0.2, 0) is 6.54 Å². The van der Waals surface area contributed by atoms with E-state index in [-0.39, 0.29) is 0 Å². The van der Waals surface area contributed by atoms with E-state index in [1.807, 2.05) is 12.1 Å². The zero-order chi connectivity index (χ0) is 10.1. The van der Waals surface area contributed by atoms with E-state index in [1.54, 1.807) is 7.11 Å². The summed E-state index contributed by atoms with van der Waals surface area (Å²) < 4.78 is 5.33. The minimum Gasteiger partial charge on any atom is -0.496 e. The van der Waals surface area contributed by atoms with E-state index in [9.17, 15) is 0 Å². The summed E-state index contributed by atoms with van der Waals surface area (Å²) in [7, 11) is 1.68. The minimum atomic E-state index is 0.501. The van der Waals surface area contributed by atoms with Crippen molar-refractivity contribution >= 4 is 11.6 Å². The third kappa shape index (κ3) is 1.72. The Morgan fingerprint density at radius 3 is 2.71 bits per heavy atom. The molecular formula is C11H14ClNO. The Hall–Kier alpha value is -0.730. The molecule has 0 aliphatic heterocycles. The molecule has 2 rings (SSSR count). The van der Waals surface area contributed by atoms with Crippen LogP contribution in [0, 0.1) is 0 Å². The van der Waals surface area contributed by atoms with Crippen LogP contribution in [0.3, 0.4) is 0 Å². The number of hydrogen-bond donors (Lipinski definition) is 1. The van der Waals surface area contributed by atoms with Gasteiger partial charge < -0.3 is 10.5 Å². The quantitative estimate of drug-likeness (QED) is 0.835. The fraction of sp³-hybridized carbons (Fsp3) is 0.455. The van der Waals surface area contributed by atoms with Crippen molar-refractivity contribution in [1.29, 1.82) is 0 Å². The second kappa shape index (κ2) is 3.79. The van der Waals surface area contributed by atoms with Gasteiger partial charge in [0.1, 0.15) is 5.75 Å². The predicted molar refractivity (Wildman–Crippen MR) is 57.9 cm³/mol. The maximum atomic E-state index is 6.19. The molecule has 1 fully saturated rings. The fourth-order valence-corrected chi connectivity index (χ4v) is 2.09. The highest BCUT2D eigenvalue weighted by Crippen LogP contribution is 2.47. The number of nitrogens with two attached hydrogens (primary N) is 1. The second-order valence-electron chi connectivity index (χ2n) is 3.67. The lowest BCUT2D eigenvalue weighted by Gasteiger charge is -2.11. The molecule has 1 aliphatic rings. The second-order valence-corrected chi connectivity index (χ2v) is 4.08. The van der Waals surface area contributed by atoms with Crippen molar-refractivity contribution in [3.63, 3.8) is 0 Å². The molecule has 1 aliphatic carbocycles. The van der Waals surface area contributed by atoms with Crippen LogP contribution in [0.2, 0.25) is 5.02 Å². The van der Waals surface area contributed by atoms with Gasteiger partial charge in [0, 0.05) is 17.1 Å². The molecule has 0 spiro atoms. The van der Waals surface area contributed by atoms with E-state index in [1.165, 1.54) is 12.8 Å².